The number of halogens is 2. The van der Waals surface area contributed by atoms with E-state index in [4.69, 9.17) is 0 Å². The van der Waals surface area contributed by atoms with Gasteiger partial charge in [-0.15, -0.1) is 0 Å². The molecule has 2 aromatic carbocycles. The van der Waals surface area contributed by atoms with E-state index in [0.717, 1.165) is 8.95 Å². The molecular weight excluding hydrogens is 398 g/mol. The van der Waals surface area contributed by atoms with Gasteiger partial charge in [-0.3, -0.25) is 0 Å². The molecule has 0 spiro atoms. The zero-order valence-corrected chi connectivity index (χ0v) is 15.5. The lowest BCUT2D eigenvalue weighted by molar-refractivity contribution is 0.590. The zero-order chi connectivity index (χ0) is 14.5. The van der Waals surface area contributed by atoms with Gasteiger partial charge >= 0.3 is 0 Å². The normalized spacial score (nSPS) is 13.4. The monoisotopic (exact) mass is 411 g/mol. The molecule has 4 heteroatoms. The molecule has 1 aliphatic rings. The summed E-state index contributed by atoms with van der Waals surface area (Å²) in [5.41, 5.74) is 3.86. The van der Waals surface area contributed by atoms with Gasteiger partial charge in [-0.1, -0.05) is 64.4 Å². The molecule has 104 valence electrons. The van der Waals surface area contributed by atoms with Crippen LogP contribution in [-0.4, -0.2) is 0 Å². The van der Waals surface area contributed by atoms with Gasteiger partial charge in [0.05, 0.1) is 11.4 Å². The van der Waals surface area contributed by atoms with Crippen LogP contribution in [0.4, 0.5) is 11.4 Å². The van der Waals surface area contributed by atoms with Gasteiger partial charge in [0.2, 0.25) is 0 Å². The third kappa shape index (κ3) is 2.66. The van der Waals surface area contributed by atoms with Crippen molar-refractivity contribution in [1.29, 1.82) is 0 Å². The summed E-state index contributed by atoms with van der Waals surface area (Å²) in [5.74, 6) is 0. The van der Waals surface area contributed by atoms with Crippen LogP contribution < -0.4 is 5.32 Å². The Kier molecular flexibility index (Phi) is 3.68. The molecule has 0 aromatic heterocycles. The summed E-state index contributed by atoms with van der Waals surface area (Å²) in [4.78, 5) is 2.53. The first-order valence-electron chi connectivity index (χ1n) is 6.43. The maximum Gasteiger partial charge on any atom is 0.0565 e. The van der Waals surface area contributed by atoms with Crippen molar-refractivity contribution in [2.75, 3.05) is 5.32 Å². The van der Waals surface area contributed by atoms with E-state index >= 15 is 0 Å². The molecule has 0 bridgehead atoms. The SMILES string of the molecule is CC(C)(C)c1cc(Br)cc2c1Nc1ccc(Br)cc1S2. The summed E-state index contributed by atoms with van der Waals surface area (Å²) >= 11 is 9.00. The Morgan fingerprint density at radius 3 is 2.35 bits per heavy atom. The molecule has 0 atom stereocenters. The van der Waals surface area contributed by atoms with E-state index < -0.39 is 0 Å². The van der Waals surface area contributed by atoms with Gasteiger partial charge in [0.15, 0.2) is 0 Å². The topological polar surface area (TPSA) is 12.0 Å². The summed E-state index contributed by atoms with van der Waals surface area (Å²) in [5, 5.41) is 3.61. The molecule has 0 saturated heterocycles. The highest BCUT2D eigenvalue weighted by molar-refractivity contribution is 9.10. The fourth-order valence-electron chi connectivity index (χ4n) is 2.32. The minimum atomic E-state index is 0.105. The van der Waals surface area contributed by atoms with Gasteiger partial charge in [0.1, 0.15) is 0 Å². The molecule has 0 fully saturated rings. The van der Waals surface area contributed by atoms with Crippen molar-refractivity contribution in [3.63, 3.8) is 0 Å². The first kappa shape index (κ1) is 14.5. The largest absolute Gasteiger partial charge is 0.353 e. The highest BCUT2D eigenvalue weighted by atomic mass is 79.9. The van der Waals surface area contributed by atoms with Gasteiger partial charge < -0.3 is 5.32 Å². The number of benzene rings is 2. The molecule has 1 aliphatic heterocycles. The molecule has 0 aliphatic carbocycles. The van der Waals surface area contributed by atoms with Crippen molar-refractivity contribution in [3.8, 4) is 0 Å². The third-order valence-corrected chi connectivity index (χ3v) is 5.35. The van der Waals surface area contributed by atoms with Crippen molar-refractivity contribution in [3.05, 3.63) is 44.8 Å². The predicted octanol–water partition coefficient (Wildman–Crippen LogP) is 6.72. The predicted molar refractivity (Wildman–Crippen MR) is 94.4 cm³/mol. The van der Waals surface area contributed by atoms with Gasteiger partial charge in [0.25, 0.3) is 0 Å². The van der Waals surface area contributed by atoms with Crippen molar-refractivity contribution < 1.29 is 0 Å². The molecule has 0 amide bonds. The average Bonchev–Trinajstić information content (AvgIpc) is 2.34. The van der Waals surface area contributed by atoms with E-state index in [0.29, 0.717) is 0 Å². The minimum Gasteiger partial charge on any atom is -0.353 e. The van der Waals surface area contributed by atoms with Crippen LogP contribution in [0.15, 0.2) is 49.1 Å². The molecule has 1 N–H and O–H groups in total. The lowest BCUT2D eigenvalue weighted by Gasteiger charge is -2.29. The number of fused-ring (bicyclic) bond motifs is 2. The Hall–Kier alpha value is -0.450. The highest BCUT2D eigenvalue weighted by Crippen LogP contribution is 2.49. The maximum atomic E-state index is 3.64. The fraction of sp³-hybridized carbons (Fsp3) is 0.250. The molecule has 1 nitrogen and oxygen atoms in total. The molecule has 0 saturated carbocycles. The molecule has 20 heavy (non-hydrogen) atoms. The van der Waals surface area contributed by atoms with Crippen molar-refractivity contribution in [1.82, 2.24) is 0 Å². The lowest BCUT2D eigenvalue weighted by atomic mass is 9.85. The zero-order valence-electron chi connectivity index (χ0n) is 11.6. The maximum absolute atomic E-state index is 3.64. The van der Waals surface area contributed by atoms with E-state index in [9.17, 15) is 0 Å². The number of nitrogens with one attached hydrogen (secondary N) is 1. The molecule has 1 heterocycles. The van der Waals surface area contributed by atoms with E-state index in [1.54, 1.807) is 0 Å². The van der Waals surface area contributed by atoms with Crippen LogP contribution in [-0.2, 0) is 5.41 Å². The first-order valence-corrected chi connectivity index (χ1v) is 8.83. The van der Waals surface area contributed by atoms with Crippen LogP contribution in [0, 0.1) is 0 Å². The standard InChI is InChI=1S/C16H15Br2NS/c1-16(2,3)11-6-10(18)8-14-15(11)19-12-5-4-9(17)7-13(12)20-14/h4-8,19H,1-3H3. The van der Waals surface area contributed by atoms with Crippen LogP contribution in [0.2, 0.25) is 0 Å². The Morgan fingerprint density at radius 1 is 0.950 bits per heavy atom. The Balaban J connectivity index is 2.16. The summed E-state index contributed by atoms with van der Waals surface area (Å²) in [7, 11) is 0. The van der Waals surface area contributed by atoms with E-state index in [-0.39, 0.29) is 5.41 Å². The second kappa shape index (κ2) is 5.08. The van der Waals surface area contributed by atoms with E-state index in [1.165, 1.54) is 26.7 Å². The molecule has 0 radical (unpaired) electrons. The summed E-state index contributed by atoms with van der Waals surface area (Å²) in [6.07, 6.45) is 0. The van der Waals surface area contributed by atoms with Crippen molar-refractivity contribution in [2.45, 2.75) is 36.0 Å². The van der Waals surface area contributed by atoms with Crippen LogP contribution in [0.5, 0.6) is 0 Å². The summed E-state index contributed by atoms with van der Waals surface area (Å²) < 4.78 is 2.24. The second-order valence-corrected chi connectivity index (χ2v) is 8.86. The fourth-order valence-corrected chi connectivity index (χ4v) is 4.54. The first-order chi connectivity index (χ1) is 9.34. The Morgan fingerprint density at radius 2 is 1.65 bits per heavy atom. The smallest absolute Gasteiger partial charge is 0.0565 e. The third-order valence-electron chi connectivity index (χ3n) is 3.30. The van der Waals surface area contributed by atoms with Crippen LogP contribution in [0.3, 0.4) is 0 Å². The summed E-state index contributed by atoms with van der Waals surface area (Å²) in [6.45, 7) is 6.75. The van der Waals surface area contributed by atoms with Gasteiger partial charge in [0, 0.05) is 18.7 Å². The van der Waals surface area contributed by atoms with Gasteiger partial charge in [-0.2, -0.15) is 0 Å². The number of hydrogen-bond acceptors (Lipinski definition) is 2. The Bertz CT molecular complexity index is 690. The lowest BCUT2D eigenvalue weighted by Crippen LogP contribution is -2.15. The quantitative estimate of drug-likeness (QED) is 0.439. The molecule has 0 unspecified atom stereocenters. The summed E-state index contributed by atoms with van der Waals surface area (Å²) in [6, 6.07) is 10.8. The van der Waals surface area contributed by atoms with Crippen LogP contribution in [0.1, 0.15) is 26.3 Å². The molecule has 3 rings (SSSR count). The minimum absolute atomic E-state index is 0.105. The van der Waals surface area contributed by atoms with E-state index in [1.807, 2.05) is 11.8 Å². The van der Waals surface area contributed by atoms with Gasteiger partial charge in [-0.05, 0) is 41.3 Å². The number of anilines is 2. The van der Waals surface area contributed by atoms with Crippen molar-refractivity contribution in [2.24, 2.45) is 0 Å². The number of hydrogen-bond donors (Lipinski definition) is 1. The van der Waals surface area contributed by atoms with Gasteiger partial charge in [-0.25, -0.2) is 0 Å². The Labute approximate surface area is 140 Å². The van der Waals surface area contributed by atoms with Crippen LogP contribution >= 0.6 is 43.6 Å². The second-order valence-electron chi connectivity index (χ2n) is 5.94. The number of rotatable bonds is 0. The average molecular weight is 413 g/mol. The van der Waals surface area contributed by atoms with Crippen LogP contribution in [0.25, 0.3) is 0 Å². The van der Waals surface area contributed by atoms with Crippen molar-refractivity contribution >= 4 is 55.0 Å². The molecular formula is C16H15Br2NS. The highest BCUT2D eigenvalue weighted by Gasteiger charge is 2.25. The molecule has 2 aromatic rings. The van der Waals surface area contributed by atoms with E-state index in [2.05, 4.69) is 88.3 Å².